The molecule has 0 aliphatic rings. The van der Waals surface area contributed by atoms with Gasteiger partial charge in [-0.1, -0.05) is 6.07 Å². The summed E-state index contributed by atoms with van der Waals surface area (Å²) in [6, 6.07) is 8.06. The number of H-pyrrole nitrogens is 1. The zero-order valence-electron chi connectivity index (χ0n) is 9.34. The molecule has 1 aromatic heterocycles. The quantitative estimate of drug-likeness (QED) is 0.733. The van der Waals surface area contributed by atoms with E-state index >= 15 is 0 Å². The van der Waals surface area contributed by atoms with Crippen molar-refractivity contribution in [3.63, 3.8) is 0 Å². The molecule has 0 spiro atoms. The summed E-state index contributed by atoms with van der Waals surface area (Å²) in [5.74, 6) is -0.0968. The maximum absolute atomic E-state index is 12.0. The van der Waals surface area contributed by atoms with Gasteiger partial charge in [0.05, 0.1) is 0 Å². The molecule has 0 fully saturated rings. The van der Waals surface area contributed by atoms with Crippen LogP contribution in [0.3, 0.4) is 0 Å². The lowest BCUT2D eigenvalue weighted by molar-refractivity contribution is 0.0989. The van der Waals surface area contributed by atoms with Crippen LogP contribution in [-0.2, 0) is 0 Å². The van der Waals surface area contributed by atoms with E-state index in [9.17, 15) is 9.90 Å². The van der Waals surface area contributed by atoms with Crippen LogP contribution in [-0.4, -0.2) is 23.0 Å². The Balaban J connectivity index is 2.26. The topological polar surface area (TPSA) is 82.3 Å². The Morgan fingerprint density at radius 2 is 2.18 bits per heavy atom. The Labute approximate surface area is 98.5 Å². The van der Waals surface area contributed by atoms with E-state index in [0.29, 0.717) is 17.1 Å². The predicted molar refractivity (Wildman–Crippen MR) is 66.0 cm³/mol. The number of aromatic nitrogens is 1. The lowest BCUT2D eigenvalue weighted by Gasteiger charge is -2.16. The average molecular weight is 231 g/mol. The molecular formula is C12H13N3O2. The number of hydrogen-bond acceptors (Lipinski definition) is 3. The summed E-state index contributed by atoms with van der Waals surface area (Å²) in [5, 5.41) is 9.35. The molecule has 88 valence electrons. The number of amides is 1. The third kappa shape index (κ3) is 2.23. The number of nitrogen functional groups attached to an aromatic ring is 1. The van der Waals surface area contributed by atoms with Crippen LogP contribution < -0.4 is 10.6 Å². The Bertz CT molecular complexity index is 548. The van der Waals surface area contributed by atoms with E-state index in [2.05, 4.69) is 4.98 Å². The minimum absolute atomic E-state index is 0.119. The van der Waals surface area contributed by atoms with Crippen molar-refractivity contribution in [3.05, 3.63) is 42.2 Å². The fourth-order valence-electron chi connectivity index (χ4n) is 1.53. The van der Waals surface area contributed by atoms with Gasteiger partial charge in [0.2, 0.25) is 0 Å². The van der Waals surface area contributed by atoms with Gasteiger partial charge in [-0.3, -0.25) is 4.79 Å². The number of aromatic amines is 1. The zero-order valence-corrected chi connectivity index (χ0v) is 9.34. The molecule has 5 heteroatoms. The van der Waals surface area contributed by atoms with Crippen molar-refractivity contribution in [1.29, 1.82) is 0 Å². The van der Waals surface area contributed by atoms with E-state index in [1.807, 2.05) is 0 Å². The summed E-state index contributed by atoms with van der Waals surface area (Å²) in [5.41, 5.74) is 7.07. The molecule has 0 saturated carbocycles. The van der Waals surface area contributed by atoms with Crippen molar-refractivity contribution in [2.75, 3.05) is 17.7 Å². The van der Waals surface area contributed by atoms with Gasteiger partial charge in [0.25, 0.3) is 5.91 Å². The second-order valence-electron chi connectivity index (χ2n) is 3.73. The maximum atomic E-state index is 12.0. The minimum Gasteiger partial charge on any atom is -0.508 e. The number of benzene rings is 1. The smallest absolute Gasteiger partial charge is 0.274 e. The van der Waals surface area contributed by atoms with Crippen molar-refractivity contribution in [1.82, 2.24) is 4.98 Å². The van der Waals surface area contributed by atoms with Crippen molar-refractivity contribution >= 4 is 17.3 Å². The molecule has 0 unspecified atom stereocenters. The van der Waals surface area contributed by atoms with Gasteiger partial charge in [-0.25, -0.2) is 0 Å². The van der Waals surface area contributed by atoms with E-state index in [0.717, 1.165) is 0 Å². The highest BCUT2D eigenvalue weighted by Gasteiger charge is 2.15. The van der Waals surface area contributed by atoms with Crippen molar-refractivity contribution in [3.8, 4) is 5.75 Å². The van der Waals surface area contributed by atoms with Crippen molar-refractivity contribution in [2.45, 2.75) is 0 Å². The number of rotatable bonds is 2. The monoisotopic (exact) mass is 231 g/mol. The fraction of sp³-hybridized carbons (Fsp3) is 0.0833. The van der Waals surface area contributed by atoms with Crippen LogP contribution in [0.4, 0.5) is 11.4 Å². The molecule has 4 N–H and O–H groups in total. The molecule has 17 heavy (non-hydrogen) atoms. The van der Waals surface area contributed by atoms with E-state index in [-0.39, 0.29) is 11.7 Å². The number of nitrogens with two attached hydrogens (primary N) is 1. The molecule has 2 rings (SSSR count). The lowest BCUT2D eigenvalue weighted by atomic mass is 10.2. The average Bonchev–Trinajstić information content (AvgIpc) is 2.74. The van der Waals surface area contributed by atoms with E-state index in [1.165, 1.54) is 11.0 Å². The molecule has 0 atom stereocenters. The van der Waals surface area contributed by atoms with Crippen LogP contribution in [0.5, 0.6) is 5.75 Å². The van der Waals surface area contributed by atoms with Gasteiger partial charge in [-0.15, -0.1) is 0 Å². The van der Waals surface area contributed by atoms with Crippen LogP contribution in [0.25, 0.3) is 0 Å². The van der Waals surface area contributed by atoms with Gasteiger partial charge in [0.1, 0.15) is 11.4 Å². The van der Waals surface area contributed by atoms with Gasteiger partial charge in [-0.2, -0.15) is 0 Å². The minimum atomic E-state index is -0.215. The Morgan fingerprint density at radius 3 is 2.76 bits per heavy atom. The van der Waals surface area contributed by atoms with Gasteiger partial charge in [0.15, 0.2) is 0 Å². The molecule has 1 heterocycles. The summed E-state index contributed by atoms with van der Waals surface area (Å²) in [6.45, 7) is 0. The predicted octanol–water partition coefficient (Wildman–Crippen LogP) is 1.58. The fourth-order valence-corrected chi connectivity index (χ4v) is 1.53. The number of phenols is 1. The van der Waals surface area contributed by atoms with Crippen molar-refractivity contribution in [2.24, 2.45) is 0 Å². The zero-order chi connectivity index (χ0) is 12.4. The third-order valence-electron chi connectivity index (χ3n) is 2.46. The highest BCUT2D eigenvalue weighted by Crippen LogP contribution is 2.20. The van der Waals surface area contributed by atoms with Crippen LogP contribution in [0, 0.1) is 0 Å². The number of aromatic hydroxyl groups is 1. The molecular weight excluding hydrogens is 218 g/mol. The summed E-state index contributed by atoms with van der Waals surface area (Å²) < 4.78 is 0. The molecule has 0 aliphatic heterocycles. The number of anilines is 2. The first kappa shape index (κ1) is 11.1. The number of nitrogens with zero attached hydrogens (tertiary/aromatic N) is 1. The first-order valence-corrected chi connectivity index (χ1v) is 5.09. The summed E-state index contributed by atoms with van der Waals surface area (Å²) in [6.07, 6.45) is 1.56. The molecule has 5 nitrogen and oxygen atoms in total. The number of nitrogens with one attached hydrogen (secondary N) is 1. The number of carbonyl (C=O) groups is 1. The van der Waals surface area contributed by atoms with E-state index in [4.69, 9.17) is 5.73 Å². The van der Waals surface area contributed by atoms with Crippen molar-refractivity contribution < 1.29 is 9.90 Å². The molecule has 0 radical (unpaired) electrons. The third-order valence-corrected chi connectivity index (χ3v) is 2.46. The van der Waals surface area contributed by atoms with Gasteiger partial charge in [-0.05, 0) is 18.2 Å². The maximum Gasteiger partial charge on any atom is 0.274 e. The van der Waals surface area contributed by atoms with Crippen LogP contribution >= 0.6 is 0 Å². The van der Waals surface area contributed by atoms with E-state index < -0.39 is 0 Å². The highest BCUT2D eigenvalue weighted by atomic mass is 16.3. The molecule has 1 aromatic carbocycles. The standard InChI is InChI=1S/C12H13N3O2/c1-15(9-3-2-4-10(16)6-9)12(17)11-5-8(13)7-14-11/h2-7,14,16H,13H2,1H3. The van der Waals surface area contributed by atoms with Crippen LogP contribution in [0.2, 0.25) is 0 Å². The second-order valence-corrected chi connectivity index (χ2v) is 3.73. The number of hydrogen-bond donors (Lipinski definition) is 3. The summed E-state index contributed by atoms with van der Waals surface area (Å²) >= 11 is 0. The Morgan fingerprint density at radius 1 is 1.41 bits per heavy atom. The largest absolute Gasteiger partial charge is 0.508 e. The Hall–Kier alpha value is -2.43. The van der Waals surface area contributed by atoms with Crippen LogP contribution in [0.1, 0.15) is 10.5 Å². The summed E-state index contributed by atoms with van der Waals surface area (Å²) in [7, 11) is 1.63. The molecule has 0 bridgehead atoms. The number of carbonyl (C=O) groups excluding carboxylic acids is 1. The first-order valence-electron chi connectivity index (χ1n) is 5.09. The van der Waals surface area contributed by atoms with Gasteiger partial charge >= 0.3 is 0 Å². The number of phenolic OH excluding ortho intramolecular Hbond substituents is 1. The molecule has 1 amide bonds. The van der Waals surface area contributed by atoms with E-state index in [1.54, 1.807) is 37.5 Å². The highest BCUT2D eigenvalue weighted by molar-refractivity contribution is 6.05. The van der Waals surface area contributed by atoms with Gasteiger partial charge < -0.3 is 20.7 Å². The molecule has 0 saturated heterocycles. The second kappa shape index (κ2) is 4.21. The molecule has 2 aromatic rings. The Kier molecular flexibility index (Phi) is 2.74. The SMILES string of the molecule is CN(C(=O)c1cc(N)c[nH]1)c1cccc(O)c1. The van der Waals surface area contributed by atoms with Gasteiger partial charge in [0, 0.05) is 30.7 Å². The van der Waals surface area contributed by atoms with Crippen LogP contribution in [0.15, 0.2) is 36.5 Å². The lowest BCUT2D eigenvalue weighted by Crippen LogP contribution is -2.26. The molecule has 0 aliphatic carbocycles. The first-order chi connectivity index (χ1) is 8.08. The summed E-state index contributed by atoms with van der Waals surface area (Å²) in [4.78, 5) is 16.3. The normalized spacial score (nSPS) is 10.2.